The normalized spacial score (nSPS) is 10.9. The minimum atomic E-state index is -1.30. The van der Waals surface area contributed by atoms with Crippen LogP contribution in [0.5, 0.6) is 0 Å². The van der Waals surface area contributed by atoms with Crippen LogP contribution in [0, 0.1) is 11.6 Å². The number of carbonyl (C=O) groups excluding carboxylic acids is 1. The van der Waals surface area contributed by atoms with Crippen molar-refractivity contribution in [3.8, 4) is 0 Å². The van der Waals surface area contributed by atoms with Gasteiger partial charge in [0, 0.05) is 7.11 Å². The lowest BCUT2D eigenvalue weighted by atomic mass is 10.1. The molecule has 2 rings (SSSR count). The van der Waals surface area contributed by atoms with Crippen molar-refractivity contribution in [2.75, 3.05) is 19.7 Å². The molecule has 0 unspecified atom stereocenters. The number of methoxy groups -OCH3 is 1. The summed E-state index contributed by atoms with van der Waals surface area (Å²) in [6.07, 6.45) is 0. The summed E-state index contributed by atoms with van der Waals surface area (Å²) < 4.78 is 36.9. The fourth-order valence-electron chi connectivity index (χ4n) is 1.90. The molecular formula is C14H13F2NO4S. The van der Waals surface area contributed by atoms with Crippen LogP contribution in [-0.2, 0) is 9.47 Å². The molecule has 0 bridgehead atoms. The minimum Gasteiger partial charge on any atom is -0.462 e. The number of halogens is 2. The van der Waals surface area contributed by atoms with Crippen LogP contribution < -0.4 is 5.43 Å². The molecule has 0 atom stereocenters. The van der Waals surface area contributed by atoms with Crippen LogP contribution in [0.1, 0.15) is 17.3 Å². The number of thioether (sulfide) groups is 1. The van der Waals surface area contributed by atoms with Gasteiger partial charge in [-0.1, -0.05) is 11.8 Å². The molecule has 1 N–H and O–H groups in total. The van der Waals surface area contributed by atoms with Crippen molar-refractivity contribution in [3.63, 3.8) is 0 Å². The molecule has 118 valence electrons. The summed E-state index contributed by atoms with van der Waals surface area (Å²) in [6.45, 7) is 1.63. The molecule has 0 aliphatic carbocycles. The number of hydrogen-bond acceptors (Lipinski definition) is 5. The Bertz CT molecular complexity index is 776. The zero-order valence-corrected chi connectivity index (χ0v) is 12.7. The predicted octanol–water partition coefficient (Wildman–Crippen LogP) is 2.68. The standard InChI is InChI=1S/C14H13F2NO4S/c1-3-21-14(19)10-12(18)9-8(5-4-7(15)11(9)16)17-13(10)22-6-20-2/h4-5H,3,6H2,1-2H3,(H,17,18). The first-order valence-electron chi connectivity index (χ1n) is 6.34. The molecule has 8 heteroatoms. The summed E-state index contributed by atoms with van der Waals surface area (Å²) in [5.74, 6) is -3.19. The Morgan fingerprint density at radius 2 is 2.09 bits per heavy atom. The third-order valence-electron chi connectivity index (χ3n) is 2.82. The minimum absolute atomic E-state index is 0.0519. The van der Waals surface area contributed by atoms with Crippen molar-refractivity contribution in [2.24, 2.45) is 0 Å². The van der Waals surface area contributed by atoms with E-state index in [4.69, 9.17) is 9.47 Å². The van der Waals surface area contributed by atoms with Gasteiger partial charge >= 0.3 is 5.97 Å². The van der Waals surface area contributed by atoms with E-state index in [-0.39, 0.29) is 28.7 Å². The van der Waals surface area contributed by atoms with Gasteiger partial charge in [0.15, 0.2) is 11.6 Å². The van der Waals surface area contributed by atoms with Crippen molar-refractivity contribution in [2.45, 2.75) is 11.9 Å². The molecule has 0 spiro atoms. The number of ether oxygens (including phenoxy) is 2. The zero-order valence-electron chi connectivity index (χ0n) is 11.9. The van der Waals surface area contributed by atoms with Crippen molar-refractivity contribution < 1.29 is 23.0 Å². The number of carbonyl (C=O) groups is 1. The molecule has 22 heavy (non-hydrogen) atoms. The van der Waals surface area contributed by atoms with Crippen molar-refractivity contribution in [1.29, 1.82) is 0 Å². The van der Waals surface area contributed by atoms with E-state index in [2.05, 4.69) is 4.98 Å². The van der Waals surface area contributed by atoms with E-state index >= 15 is 0 Å². The second-order valence-electron chi connectivity index (χ2n) is 4.21. The molecule has 0 saturated carbocycles. The van der Waals surface area contributed by atoms with Crippen LogP contribution in [-0.4, -0.2) is 30.6 Å². The molecule has 0 fully saturated rings. The lowest BCUT2D eigenvalue weighted by Gasteiger charge is -2.10. The van der Waals surface area contributed by atoms with Crippen molar-refractivity contribution in [1.82, 2.24) is 4.98 Å². The SMILES string of the molecule is CCOC(=O)c1c(SCOC)[nH]c2ccc(F)c(F)c2c1=O. The number of esters is 1. The molecule has 0 saturated heterocycles. The Balaban J connectivity index is 2.76. The summed E-state index contributed by atoms with van der Waals surface area (Å²) in [7, 11) is 1.45. The number of nitrogens with one attached hydrogen (secondary N) is 1. The van der Waals surface area contributed by atoms with Crippen LogP contribution in [0.3, 0.4) is 0 Å². The molecule has 0 amide bonds. The molecule has 5 nitrogen and oxygen atoms in total. The molecule has 1 aromatic carbocycles. The molecule has 0 aliphatic rings. The number of hydrogen-bond donors (Lipinski definition) is 1. The number of benzene rings is 1. The number of H-pyrrole nitrogens is 1. The number of rotatable bonds is 5. The van der Waals surface area contributed by atoms with E-state index in [9.17, 15) is 18.4 Å². The number of pyridine rings is 1. The third-order valence-corrected chi connectivity index (χ3v) is 3.77. The molecular weight excluding hydrogens is 316 g/mol. The average molecular weight is 329 g/mol. The first-order chi connectivity index (χ1) is 10.5. The van der Waals surface area contributed by atoms with Gasteiger partial charge in [0.2, 0.25) is 5.43 Å². The predicted molar refractivity (Wildman–Crippen MR) is 78.2 cm³/mol. The number of aromatic nitrogens is 1. The highest BCUT2D eigenvalue weighted by Crippen LogP contribution is 2.24. The van der Waals surface area contributed by atoms with E-state index in [0.717, 1.165) is 17.8 Å². The lowest BCUT2D eigenvalue weighted by Crippen LogP contribution is -2.21. The zero-order chi connectivity index (χ0) is 16.3. The van der Waals surface area contributed by atoms with Crippen LogP contribution in [0.25, 0.3) is 10.9 Å². The second-order valence-corrected chi connectivity index (χ2v) is 5.15. The highest BCUT2D eigenvalue weighted by Gasteiger charge is 2.23. The summed E-state index contributed by atoms with van der Waals surface area (Å²) in [5, 5.41) is -0.325. The smallest absolute Gasteiger partial charge is 0.344 e. The summed E-state index contributed by atoms with van der Waals surface area (Å²) in [6, 6.07) is 2.14. The first kappa shape index (κ1) is 16.4. The summed E-state index contributed by atoms with van der Waals surface area (Å²) in [5.41, 5.74) is -1.18. The quantitative estimate of drug-likeness (QED) is 0.519. The second kappa shape index (κ2) is 6.89. The van der Waals surface area contributed by atoms with Gasteiger partial charge in [0.1, 0.15) is 5.56 Å². The van der Waals surface area contributed by atoms with E-state index in [1.165, 1.54) is 13.2 Å². The van der Waals surface area contributed by atoms with E-state index in [0.29, 0.717) is 0 Å². The van der Waals surface area contributed by atoms with E-state index < -0.39 is 28.4 Å². The highest BCUT2D eigenvalue weighted by atomic mass is 32.2. The molecule has 0 radical (unpaired) electrons. The van der Waals surface area contributed by atoms with Crippen molar-refractivity contribution in [3.05, 3.63) is 39.6 Å². The largest absolute Gasteiger partial charge is 0.462 e. The van der Waals surface area contributed by atoms with Gasteiger partial charge in [-0.2, -0.15) is 0 Å². The van der Waals surface area contributed by atoms with Gasteiger partial charge in [-0.05, 0) is 19.1 Å². The third kappa shape index (κ3) is 2.97. The van der Waals surface area contributed by atoms with Crippen LogP contribution in [0.2, 0.25) is 0 Å². The fraction of sp³-hybridized carbons (Fsp3) is 0.286. The Labute approximate surface area is 128 Å². The highest BCUT2D eigenvalue weighted by molar-refractivity contribution is 7.99. The molecule has 2 aromatic rings. The molecule has 0 aliphatic heterocycles. The molecule has 1 aromatic heterocycles. The van der Waals surface area contributed by atoms with Crippen LogP contribution in [0.4, 0.5) is 8.78 Å². The maximum Gasteiger partial charge on any atom is 0.344 e. The molecule has 1 heterocycles. The van der Waals surface area contributed by atoms with Gasteiger partial charge in [0.05, 0.1) is 28.5 Å². The first-order valence-corrected chi connectivity index (χ1v) is 7.32. The number of aromatic amines is 1. The van der Waals surface area contributed by atoms with Gasteiger partial charge in [0.25, 0.3) is 0 Å². The fourth-order valence-corrected chi connectivity index (χ4v) is 2.64. The Kier molecular flexibility index (Phi) is 5.15. The Morgan fingerprint density at radius 3 is 2.73 bits per heavy atom. The van der Waals surface area contributed by atoms with E-state index in [1.807, 2.05) is 0 Å². The van der Waals surface area contributed by atoms with E-state index in [1.54, 1.807) is 6.92 Å². The maximum atomic E-state index is 13.9. The number of fused-ring (bicyclic) bond motifs is 1. The van der Waals surface area contributed by atoms with Gasteiger partial charge in [-0.3, -0.25) is 4.79 Å². The Hall–Kier alpha value is -1.93. The topological polar surface area (TPSA) is 68.4 Å². The summed E-state index contributed by atoms with van der Waals surface area (Å²) >= 11 is 1.05. The van der Waals surface area contributed by atoms with Crippen LogP contribution >= 0.6 is 11.8 Å². The van der Waals surface area contributed by atoms with Crippen molar-refractivity contribution >= 4 is 28.6 Å². The van der Waals surface area contributed by atoms with Gasteiger partial charge < -0.3 is 14.5 Å². The lowest BCUT2D eigenvalue weighted by molar-refractivity contribution is 0.0520. The van der Waals surface area contributed by atoms with Crippen LogP contribution in [0.15, 0.2) is 22.0 Å². The Morgan fingerprint density at radius 1 is 1.36 bits per heavy atom. The average Bonchev–Trinajstić information content (AvgIpc) is 2.48. The van der Waals surface area contributed by atoms with Gasteiger partial charge in [-0.15, -0.1) is 0 Å². The van der Waals surface area contributed by atoms with Gasteiger partial charge in [-0.25, -0.2) is 13.6 Å². The monoisotopic (exact) mass is 329 g/mol. The maximum absolute atomic E-state index is 13.9. The summed E-state index contributed by atoms with van der Waals surface area (Å²) in [4.78, 5) is 27.2.